The number of amides is 1. The van der Waals surface area contributed by atoms with E-state index in [2.05, 4.69) is 10.3 Å². The van der Waals surface area contributed by atoms with Crippen LogP contribution < -0.4 is 10.9 Å². The summed E-state index contributed by atoms with van der Waals surface area (Å²) in [6.45, 7) is 3.86. The van der Waals surface area contributed by atoms with Crippen molar-refractivity contribution >= 4 is 16.9 Å². The molecule has 5 heteroatoms. The van der Waals surface area contributed by atoms with Crippen LogP contribution >= 0.6 is 0 Å². The minimum Gasteiger partial charge on any atom is -0.348 e. The predicted octanol–water partition coefficient (Wildman–Crippen LogP) is 1.46. The number of nitrogens with one attached hydrogen (secondary N) is 1. The van der Waals surface area contributed by atoms with Gasteiger partial charge in [-0.2, -0.15) is 0 Å². The van der Waals surface area contributed by atoms with Gasteiger partial charge in [0, 0.05) is 13.1 Å². The van der Waals surface area contributed by atoms with Gasteiger partial charge in [-0.3, -0.25) is 9.59 Å². The Bertz CT molecular complexity index is 676. The standard InChI is InChI=1S/C14H17N3O2/c1-4-9(2)15-13(18)12-14(19)17(3)11-8-6-5-7-10(11)16-12/h5-9H,4H2,1-3H3,(H,15,18)/t9-/m0/s1. The lowest BCUT2D eigenvalue weighted by molar-refractivity contribution is 0.0932. The number of nitrogens with zero attached hydrogens (tertiary/aromatic N) is 2. The van der Waals surface area contributed by atoms with E-state index in [4.69, 9.17) is 0 Å². The molecule has 1 heterocycles. The topological polar surface area (TPSA) is 64.0 Å². The Morgan fingerprint density at radius 2 is 2.11 bits per heavy atom. The quantitative estimate of drug-likeness (QED) is 0.907. The molecule has 0 aliphatic rings. The van der Waals surface area contributed by atoms with Crippen LogP contribution in [0.4, 0.5) is 0 Å². The monoisotopic (exact) mass is 259 g/mol. The Balaban J connectivity index is 2.53. The molecule has 2 rings (SSSR count). The van der Waals surface area contributed by atoms with Crippen LogP contribution in [0.5, 0.6) is 0 Å². The van der Waals surface area contributed by atoms with Crippen molar-refractivity contribution in [3.8, 4) is 0 Å². The van der Waals surface area contributed by atoms with Gasteiger partial charge in [0.05, 0.1) is 11.0 Å². The van der Waals surface area contributed by atoms with E-state index in [1.54, 1.807) is 19.2 Å². The van der Waals surface area contributed by atoms with E-state index in [1.807, 2.05) is 26.0 Å². The van der Waals surface area contributed by atoms with Gasteiger partial charge in [-0.1, -0.05) is 19.1 Å². The fourth-order valence-corrected chi connectivity index (χ4v) is 1.82. The van der Waals surface area contributed by atoms with E-state index in [0.717, 1.165) is 6.42 Å². The van der Waals surface area contributed by atoms with Crippen LogP contribution in [0.3, 0.4) is 0 Å². The summed E-state index contributed by atoms with van der Waals surface area (Å²) in [5.74, 6) is -0.416. The fourth-order valence-electron chi connectivity index (χ4n) is 1.82. The van der Waals surface area contributed by atoms with Gasteiger partial charge in [0.2, 0.25) is 0 Å². The highest BCUT2D eigenvalue weighted by atomic mass is 16.2. The average Bonchev–Trinajstić information content (AvgIpc) is 2.42. The summed E-state index contributed by atoms with van der Waals surface area (Å²) in [7, 11) is 1.65. The molecule has 100 valence electrons. The molecule has 0 saturated heterocycles. The van der Waals surface area contributed by atoms with E-state index in [9.17, 15) is 9.59 Å². The Morgan fingerprint density at radius 3 is 2.79 bits per heavy atom. The zero-order valence-electron chi connectivity index (χ0n) is 11.3. The number of rotatable bonds is 3. The summed E-state index contributed by atoms with van der Waals surface area (Å²) in [6.07, 6.45) is 0.805. The highest BCUT2D eigenvalue weighted by Gasteiger charge is 2.17. The molecule has 1 N–H and O–H groups in total. The van der Waals surface area contributed by atoms with Crippen molar-refractivity contribution in [1.82, 2.24) is 14.9 Å². The maximum Gasteiger partial charge on any atom is 0.282 e. The molecule has 1 aromatic carbocycles. The zero-order valence-corrected chi connectivity index (χ0v) is 11.3. The van der Waals surface area contributed by atoms with Gasteiger partial charge in [-0.05, 0) is 25.5 Å². The van der Waals surface area contributed by atoms with Gasteiger partial charge >= 0.3 is 0 Å². The van der Waals surface area contributed by atoms with Crippen LogP contribution in [-0.4, -0.2) is 21.5 Å². The molecule has 1 aromatic heterocycles. The van der Waals surface area contributed by atoms with E-state index < -0.39 is 5.91 Å². The molecule has 1 atom stereocenters. The van der Waals surface area contributed by atoms with Gasteiger partial charge in [0.25, 0.3) is 11.5 Å². The van der Waals surface area contributed by atoms with Crippen molar-refractivity contribution in [2.45, 2.75) is 26.3 Å². The highest BCUT2D eigenvalue weighted by molar-refractivity contribution is 5.94. The third kappa shape index (κ3) is 2.50. The molecule has 0 saturated carbocycles. The Morgan fingerprint density at radius 1 is 1.42 bits per heavy atom. The Labute approximate surface area is 111 Å². The van der Waals surface area contributed by atoms with Crippen molar-refractivity contribution in [1.29, 1.82) is 0 Å². The lowest BCUT2D eigenvalue weighted by Gasteiger charge is -2.12. The second-order valence-electron chi connectivity index (χ2n) is 4.60. The van der Waals surface area contributed by atoms with Crippen molar-refractivity contribution in [3.05, 3.63) is 40.3 Å². The third-order valence-corrected chi connectivity index (χ3v) is 3.19. The summed E-state index contributed by atoms with van der Waals surface area (Å²) in [5.41, 5.74) is 0.924. The van der Waals surface area contributed by atoms with Crippen molar-refractivity contribution in [3.63, 3.8) is 0 Å². The molecule has 0 unspecified atom stereocenters. The first-order chi connectivity index (χ1) is 9.04. The number of carbonyl (C=O) groups excluding carboxylic acids is 1. The van der Waals surface area contributed by atoms with E-state index in [0.29, 0.717) is 11.0 Å². The van der Waals surface area contributed by atoms with Crippen molar-refractivity contribution in [2.24, 2.45) is 7.05 Å². The summed E-state index contributed by atoms with van der Waals surface area (Å²) < 4.78 is 1.45. The maximum atomic E-state index is 12.1. The predicted molar refractivity (Wildman–Crippen MR) is 74.2 cm³/mol. The zero-order chi connectivity index (χ0) is 14.0. The lowest BCUT2D eigenvalue weighted by Crippen LogP contribution is -2.38. The fraction of sp³-hybridized carbons (Fsp3) is 0.357. The number of fused-ring (bicyclic) bond motifs is 1. The first-order valence-electron chi connectivity index (χ1n) is 6.31. The van der Waals surface area contributed by atoms with Gasteiger partial charge in [-0.25, -0.2) is 4.98 Å². The summed E-state index contributed by atoms with van der Waals surface area (Å²) >= 11 is 0. The molecular formula is C14H17N3O2. The van der Waals surface area contributed by atoms with Crippen molar-refractivity contribution < 1.29 is 4.79 Å². The van der Waals surface area contributed by atoms with Crippen LogP contribution in [0.1, 0.15) is 30.8 Å². The molecule has 0 aliphatic carbocycles. The maximum absolute atomic E-state index is 12.1. The Kier molecular flexibility index (Phi) is 3.64. The van der Waals surface area contributed by atoms with Crippen molar-refractivity contribution in [2.75, 3.05) is 0 Å². The third-order valence-electron chi connectivity index (χ3n) is 3.19. The number of hydrogen-bond donors (Lipinski definition) is 1. The number of benzene rings is 1. The molecular weight excluding hydrogens is 242 g/mol. The smallest absolute Gasteiger partial charge is 0.282 e. The normalized spacial score (nSPS) is 12.4. The Hall–Kier alpha value is -2.17. The molecule has 1 amide bonds. The average molecular weight is 259 g/mol. The molecule has 0 bridgehead atoms. The molecule has 2 aromatic rings. The number of hydrogen-bond acceptors (Lipinski definition) is 3. The second-order valence-corrected chi connectivity index (χ2v) is 4.60. The van der Waals surface area contributed by atoms with Gasteiger partial charge < -0.3 is 9.88 Å². The number of aryl methyl sites for hydroxylation is 1. The van der Waals surface area contributed by atoms with Gasteiger partial charge in [0.15, 0.2) is 5.69 Å². The van der Waals surface area contributed by atoms with Crippen LogP contribution in [0.2, 0.25) is 0 Å². The number of carbonyl (C=O) groups is 1. The number of aromatic nitrogens is 2. The summed E-state index contributed by atoms with van der Waals surface area (Å²) in [5, 5.41) is 2.76. The van der Waals surface area contributed by atoms with Crippen LogP contribution in [0.25, 0.3) is 11.0 Å². The van der Waals surface area contributed by atoms with E-state index >= 15 is 0 Å². The van der Waals surface area contributed by atoms with Crippen LogP contribution in [-0.2, 0) is 7.05 Å². The highest BCUT2D eigenvalue weighted by Crippen LogP contribution is 2.08. The molecule has 0 aliphatic heterocycles. The van der Waals surface area contributed by atoms with E-state index in [1.165, 1.54) is 4.57 Å². The lowest BCUT2D eigenvalue weighted by atomic mass is 10.2. The summed E-state index contributed by atoms with van der Waals surface area (Å²) in [4.78, 5) is 28.4. The molecule has 5 nitrogen and oxygen atoms in total. The first-order valence-corrected chi connectivity index (χ1v) is 6.31. The minimum absolute atomic E-state index is 0.0190. The summed E-state index contributed by atoms with van der Waals surface area (Å²) in [6, 6.07) is 7.28. The van der Waals surface area contributed by atoms with Gasteiger partial charge in [0.1, 0.15) is 0 Å². The minimum atomic E-state index is -0.416. The first kappa shape index (κ1) is 13.3. The van der Waals surface area contributed by atoms with Crippen LogP contribution in [0, 0.1) is 0 Å². The SMILES string of the molecule is CC[C@H](C)NC(=O)c1nc2ccccc2n(C)c1=O. The largest absolute Gasteiger partial charge is 0.348 e. The molecule has 0 fully saturated rings. The molecule has 0 spiro atoms. The van der Waals surface area contributed by atoms with Gasteiger partial charge in [-0.15, -0.1) is 0 Å². The molecule has 0 radical (unpaired) electrons. The van der Waals surface area contributed by atoms with E-state index in [-0.39, 0.29) is 17.3 Å². The molecule has 19 heavy (non-hydrogen) atoms. The number of para-hydroxylation sites is 2. The van der Waals surface area contributed by atoms with Crippen LogP contribution in [0.15, 0.2) is 29.1 Å². The second kappa shape index (κ2) is 5.22.